The van der Waals surface area contributed by atoms with Crippen LogP contribution in [0, 0.1) is 11.3 Å². The highest BCUT2D eigenvalue weighted by molar-refractivity contribution is 6.32. The van der Waals surface area contributed by atoms with Crippen LogP contribution >= 0.6 is 11.6 Å². The number of ketones is 1. The summed E-state index contributed by atoms with van der Waals surface area (Å²) in [6.45, 7) is 7.56. The summed E-state index contributed by atoms with van der Waals surface area (Å²) in [5.41, 5.74) is 0.604. The van der Waals surface area contributed by atoms with Crippen LogP contribution in [0.2, 0.25) is 5.02 Å². The van der Waals surface area contributed by atoms with Gasteiger partial charge >= 0.3 is 6.09 Å². The predicted molar refractivity (Wildman–Crippen MR) is 93.3 cm³/mol. The molecule has 0 aromatic heterocycles. The van der Waals surface area contributed by atoms with E-state index in [2.05, 4.69) is 6.07 Å². The summed E-state index contributed by atoms with van der Waals surface area (Å²) in [5.74, 6) is 0.00372. The zero-order valence-electron chi connectivity index (χ0n) is 15.0. The number of nitriles is 1. The smallest absolute Gasteiger partial charge is 0.410 e. The van der Waals surface area contributed by atoms with Crippen LogP contribution in [0.4, 0.5) is 4.79 Å². The number of likely N-dealkylation sites (tertiary alicyclic amines) is 1. The Bertz CT molecular complexity index is 756. The summed E-state index contributed by atoms with van der Waals surface area (Å²) in [5, 5.41) is 9.67. The van der Waals surface area contributed by atoms with Gasteiger partial charge in [0.15, 0.2) is 5.78 Å². The number of carbonyl (C=O) groups excluding carboxylic acids is 2. The minimum absolute atomic E-state index is 0.145. The first kappa shape index (κ1) is 19.1. The van der Waals surface area contributed by atoms with Crippen LogP contribution < -0.4 is 4.74 Å². The highest BCUT2D eigenvalue weighted by atomic mass is 35.5. The second kappa shape index (κ2) is 6.93. The molecule has 1 amide bonds. The molecule has 1 aliphatic heterocycles. The zero-order chi connectivity index (χ0) is 18.9. The van der Waals surface area contributed by atoms with Gasteiger partial charge in [0.2, 0.25) is 0 Å². The molecule has 25 heavy (non-hydrogen) atoms. The molecule has 1 aromatic rings. The van der Waals surface area contributed by atoms with E-state index in [0.717, 1.165) is 0 Å². The third-order valence-electron chi connectivity index (χ3n) is 3.91. The van der Waals surface area contributed by atoms with Crippen LogP contribution in [0.3, 0.4) is 0 Å². The van der Waals surface area contributed by atoms with E-state index in [0.29, 0.717) is 30.0 Å². The van der Waals surface area contributed by atoms with E-state index in [-0.39, 0.29) is 22.3 Å². The topological polar surface area (TPSA) is 79.6 Å². The molecule has 0 radical (unpaired) electrons. The van der Waals surface area contributed by atoms with Crippen molar-refractivity contribution in [3.63, 3.8) is 0 Å². The molecule has 0 spiro atoms. The third-order valence-corrected chi connectivity index (χ3v) is 4.20. The average Bonchev–Trinajstić information content (AvgIpc) is 2.43. The van der Waals surface area contributed by atoms with Gasteiger partial charge in [-0.05, 0) is 33.8 Å². The molecule has 1 heterocycles. The van der Waals surface area contributed by atoms with E-state index in [1.807, 2.05) is 0 Å². The van der Waals surface area contributed by atoms with Gasteiger partial charge in [-0.1, -0.05) is 11.6 Å². The molecule has 2 rings (SSSR count). The number of ether oxygens (including phenoxy) is 2. The van der Waals surface area contributed by atoms with E-state index < -0.39 is 11.7 Å². The summed E-state index contributed by atoms with van der Waals surface area (Å²) in [7, 11) is 1.45. The Labute approximate surface area is 152 Å². The summed E-state index contributed by atoms with van der Waals surface area (Å²) in [6.07, 6.45) is -0.407. The van der Waals surface area contributed by atoms with Gasteiger partial charge in [0.1, 0.15) is 17.4 Å². The van der Waals surface area contributed by atoms with E-state index in [4.69, 9.17) is 21.1 Å². The number of nitrogens with zero attached hydrogens (tertiary/aromatic N) is 2. The van der Waals surface area contributed by atoms with Crippen LogP contribution in [0.1, 0.15) is 55.1 Å². The van der Waals surface area contributed by atoms with Gasteiger partial charge in [0, 0.05) is 24.6 Å². The predicted octanol–water partition coefficient (Wildman–Crippen LogP) is 3.76. The Kier molecular flexibility index (Phi) is 5.28. The first-order valence-corrected chi connectivity index (χ1v) is 8.26. The number of Topliss-reactive ketones (excluding diaryl/α,β-unsaturated/α-hetero) is 1. The molecule has 0 N–H and O–H groups in total. The number of rotatable bonds is 3. The Morgan fingerprint density at radius 1 is 1.36 bits per heavy atom. The highest BCUT2D eigenvalue weighted by Crippen LogP contribution is 2.41. The minimum Gasteiger partial charge on any atom is -0.496 e. The molecular formula is C18H21ClN2O4. The molecule has 1 aromatic carbocycles. The second-order valence-electron chi connectivity index (χ2n) is 6.98. The van der Waals surface area contributed by atoms with Gasteiger partial charge in [-0.3, -0.25) is 4.79 Å². The van der Waals surface area contributed by atoms with Gasteiger partial charge in [-0.25, -0.2) is 4.79 Å². The largest absolute Gasteiger partial charge is 0.496 e. The summed E-state index contributed by atoms with van der Waals surface area (Å²) >= 11 is 6.18. The maximum absolute atomic E-state index is 12.1. The fourth-order valence-corrected chi connectivity index (χ4v) is 3.03. The SMILES string of the molecule is COc1c(C(C)=O)cc(Cl)c(C#N)c1C1CN(C(=O)OC(C)(C)C)C1. The maximum atomic E-state index is 12.1. The minimum atomic E-state index is -0.574. The van der Waals surface area contributed by atoms with Crippen molar-refractivity contribution in [1.29, 1.82) is 5.26 Å². The van der Waals surface area contributed by atoms with Crippen molar-refractivity contribution in [2.24, 2.45) is 0 Å². The third kappa shape index (κ3) is 3.88. The quantitative estimate of drug-likeness (QED) is 0.763. The molecule has 0 bridgehead atoms. The number of halogens is 1. The molecule has 7 heteroatoms. The van der Waals surface area contributed by atoms with Crippen LogP contribution in [-0.2, 0) is 4.74 Å². The molecule has 1 aliphatic rings. The molecule has 1 saturated heterocycles. The van der Waals surface area contributed by atoms with Crippen LogP contribution in [0.15, 0.2) is 6.07 Å². The lowest BCUT2D eigenvalue weighted by Crippen LogP contribution is -2.50. The summed E-state index contributed by atoms with van der Waals surface area (Å²) in [4.78, 5) is 25.5. The molecule has 6 nitrogen and oxygen atoms in total. The number of hydrogen-bond acceptors (Lipinski definition) is 5. The van der Waals surface area contributed by atoms with Crippen molar-refractivity contribution in [2.45, 2.75) is 39.2 Å². The fraction of sp³-hybridized carbons (Fsp3) is 0.500. The van der Waals surface area contributed by atoms with Crippen LogP contribution in [0.5, 0.6) is 5.75 Å². The van der Waals surface area contributed by atoms with E-state index in [1.54, 1.807) is 25.7 Å². The molecule has 0 aliphatic carbocycles. The van der Waals surface area contributed by atoms with Gasteiger partial charge < -0.3 is 14.4 Å². The monoisotopic (exact) mass is 364 g/mol. The molecule has 0 unspecified atom stereocenters. The summed E-state index contributed by atoms with van der Waals surface area (Å²) < 4.78 is 10.7. The zero-order valence-corrected chi connectivity index (χ0v) is 15.7. The van der Waals surface area contributed by atoms with E-state index in [9.17, 15) is 14.9 Å². The maximum Gasteiger partial charge on any atom is 0.410 e. The van der Waals surface area contributed by atoms with Crippen molar-refractivity contribution in [3.05, 3.63) is 27.8 Å². The number of benzene rings is 1. The Balaban J connectivity index is 2.33. The number of carbonyl (C=O) groups is 2. The van der Waals surface area contributed by atoms with Crippen molar-refractivity contribution in [1.82, 2.24) is 4.90 Å². The standard InChI is InChI=1S/C18H21ClN2O4/c1-10(22)12-6-14(19)13(7-20)15(16(12)24-5)11-8-21(9-11)17(23)25-18(2,3)4/h6,11H,8-9H2,1-5H3. The number of amides is 1. The normalized spacial score (nSPS) is 14.5. The Morgan fingerprint density at radius 3 is 2.40 bits per heavy atom. The van der Waals surface area contributed by atoms with Gasteiger partial charge in [-0.15, -0.1) is 0 Å². The molecule has 0 saturated carbocycles. The number of hydrogen-bond donors (Lipinski definition) is 0. The average molecular weight is 365 g/mol. The Morgan fingerprint density at radius 2 is 1.96 bits per heavy atom. The number of methoxy groups -OCH3 is 1. The lowest BCUT2D eigenvalue weighted by atomic mass is 9.85. The van der Waals surface area contributed by atoms with Crippen LogP contribution in [-0.4, -0.2) is 42.6 Å². The first-order chi connectivity index (χ1) is 11.6. The molecule has 134 valence electrons. The second-order valence-corrected chi connectivity index (χ2v) is 7.39. The fourth-order valence-electron chi connectivity index (χ4n) is 2.77. The van der Waals surface area contributed by atoms with Crippen LogP contribution in [0.25, 0.3) is 0 Å². The van der Waals surface area contributed by atoms with Crippen molar-refractivity contribution < 1.29 is 19.1 Å². The van der Waals surface area contributed by atoms with Crippen molar-refractivity contribution >= 4 is 23.5 Å². The van der Waals surface area contributed by atoms with Crippen molar-refractivity contribution in [2.75, 3.05) is 20.2 Å². The highest BCUT2D eigenvalue weighted by Gasteiger charge is 2.38. The summed E-state index contributed by atoms with van der Waals surface area (Å²) in [6, 6.07) is 3.53. The van der Waals surface area contributed by atoms with Gasteiger partial charge in [0.05, 0.1) is 23.3 Å². The van der Waals surface area contributed by atoms with E-state index in [1.165, 1.54) is 20.1 Å². The Hall–Kier alpha value is -2.26. The first-order valence-electron chi connectivity index (χ1n) is 7.88. The lowest BCUT2D eigenvalue weighted by Gasteiger charge is -2.40. The van der Waals surface area contributed by atoms with E-state index >= 15 is 0 Å². The molecular weight excluding hydrogens is 344 g/mol. The molecule has 1 fully saturated rings. The van der Waals surface area contributed by atoms with Crippen molar-refractivity contribution in [3.8, 4) is 11.8 Å². The van der Waals surface area contributed by atoms with Gasteiger partial charge in [0.25, 0.3) is 0 Å². The van der Waals surface area contributed by atoms with Gasteiger partial charge in [-0.2, -0.15) is 5.26 Å². The lowest BCUT2D eigenvalue weighted by molar-refractivity contribution is 0.00795. The molecule has 0 atom stereocenters.